The average molecular weight is 245 g/mol. The van der Waals surface area contributed by atoms with E-state index in [1.54, 1.807) is 6.92 Å². The van der Waals surface area contributed by atoms with Gasteiger partial charge in [-0.05, 0) is 11.8 Å². The van der Waals surface area contributed by atoms with Crippen molar-refractivity contribution in [2.45, 2.75) is 26.6 Å². The Labute approximate surface area is 96.4 Å². The summed E-state index contributed by atoms with van der Waals surface area (Å²) in [5.41, 5.74) is 0. The second-order valence-corrected chi connectivity index (χ2v) is 3.36. The van der Waals surface area contributed by atoms with Crippen LogP contribution in [0.5, 0.6) is 0 Å². The number of imidazole rings is 1. The van der Waals surface area contributed by atoms with E-state index >= 15 is 0 Å². The maximum atomic E-state index is 12.4. The maximum Gasteiger partial charge on any atom is 0.342 e. The summed E-state index contributed by atoms with van der Waals surface area (Å²) >= 11 is 0. The molecule has 0 radical (unpaired) electrons. The number of carbonyl (C=O) groups excluding carboxylic acids is 1. The van der Waals surface area contributed by atoms with Gasteiger partial charge >= 0.3 is 11.8 Å². The first-order valence-electron chi connectivity index (χ1n) is 4.90. The third-order valence-electron chi connectivity index (χ3n) is 2.11. The van der Waals surface area contributed by atoms with Gasteiger partial charge in [0.25, 0.3) is 0 Å². The summed E-state index contributed by atoms with van der Waals surface area (Å²) in [7, 11) is 0. The summed E-state index contributed by atoms with van der Waals surface area (Å²) in [5, 5.41) is 10.6. The third kappa shape index (κ3) is 3.23. The van der Waals surface area contributed by atoms with Gasteiger partial charge in [-0.25, -0.2) is 18.7 Å². The SMILES string of the molecule is Cc1ncc([N+](=O)[O-])n1CCOC(=O)C(C)F. The van der Waals surface area contributed by atoms with Gasteiger partial charge in [-0.3, -0.25) is 0 Å². The number of halogens is 1. The summed E-state index contributed by atoms with van der Waals surface area (Å²) in [5.74, 6) is -0.738. The fourth-order valence-corrected chi connectivity index (χ4v) is 1.23. The van der Waals surface area contributed by atoms with Crippen LogP contribution in [-0.4, -0.2) is 33.2 Å². The maximum absolute atomic E-state index is 12.4. The highest BCUT2D eigenvalue weighted by atomic mass is 19.1. The molecule has 0 saturated carbocycles. The normalized spacial score (nSPS) is 12.2. The molecule has 0 aliphatic heterocycles. The predicted molar refractivity (Wildman–Crippen MR) is 55.1 cm³/mol. The van der Waals surface area contributed by atoms with Gasteiger partial charge in [0.05, 0.1) is 0 Å². The molecule has 0 bridgehead atoms. The number of nitrogens with zero attached hydrogens (tertiary/aromatic N) is 3. The Morgan fingerprint density at radius 1 is 1.76 bits per heavy atom. The average Bonchev–Trinajstić information content (AvgIpc) is 2.60. The Morgan fingerprint density at radius 2 is 2.41 bits per heavy atom. The first-order chi connectivity index (χ1) is 7.93. The van der Waals surface area contributed by atoms with E-state index in [1.807, 2.05) is 0 Å². The molecule has 8 heteroatoms. The number of ether oxygens (including phenoxy) is 1. The van der Waals surface area contributed by atoms with Crippen LogP contribution in [0.1, 0.15) is 12.7 Å². The Morgan fingerprint density at radius 3 is 2.94 bits per heavy atom. The smallest absolute Gasteiger partial charge is 0.342 e. The fraction of sp³-hybridized carbons (Fsp3) is 0.556. The van der Waals surface area contributed by atoms with Gasteiger partial charge in [0, 0.05) is 6.92 Å². The van der Waals surface area contributed by atoms with Crippen molar-refractivity contribution >= 4 is 11.8 Å². The fourth-order valence-electron chi connectivity index (χ4n) is 1.23. The lowest BCUT2D eigenvalue weighted by Gasteiger charge is -2.05. The Kier molecular flexibility index (Phi) is 4.13. The minimum absolute atomic E-state index is 0.0700. The molecule has 1 unspecified atom stereocenters. The second-order valence-electron chi connectivity index (χ2n) is 3.36. The van der Waals surface area contributed by atoms with Crippen LogP contribution >= 0.6 is 0 Å². The second kappa shape index (κ2) is 5.37. The summed E-state index contributed by atoms with van der Waals surface area (Å²) in [6, 6.07) is 0. The summed E-state index contributed by atoms with van der Waals surface area (Å²) in [4.78, 5) is 24.6. The lowest BCUT2D eigenvalue weighted by molar-refractivity contribution is -0.392. The van der Waals surface area contributed by atoms with Gasteiger partial charge < -0.3 is 14.9 Å². The molecule has 0 fully saturated rings. The lowest BCUT2D eigenvalue weighted by atomic mass is 10.4. The molecule has 17 heavy (non-hydrogen) atoms. The standard InChI is InChI=1S/C9H12FN3O4/c1-6(10)9(14)17-4-3-12-7(2)11-5-8(12)13(15)16/h5-6H,3-4H2,1-2H3. The minimum atomic E-state index is -1.70. The Bertz CT molecular complexity index is 430. The number of hydrogen-bond donors (Lipinski definition) is 0. The first-order valence-corrected chi connectivity index (χ1v) is 4.90. The number of carbonyl (C=O) groups is 1. The largest absolute Gasteiger partial charge is 0.459 e. The van der Waals surface area contributed by atoms with Crippen LogP contribution < -0.4 is 0 Å². The molecular formula is C9H12FN3O4. The van der Waals surface area contributed by atoms with E-state index < -0.39 is 17.1 Å². The van der Waals surface area contributed by atoms with Gasteiger partial charge in [-0.1, -0.05) is 0 Å². The number of esters is 1. The van der Waals surface area contributed by atoms with E-state index in [9.17, 15) is 19.3 Å². The molecule has 1 heterocycles. The summed E-state index contributed by atoms with van der Waals surface area (Å²) < 4.78 is 18.3. The van der Waals surface area contributed by atoms with Crippen molar-refractivity contribution < 1.29 is 18.8 Å². The number of rotatable bonds is 5. The Balaban J connectivity index is 2.60. The van der Waals surface area contributed by atoms with Crippen molar-refractivity contribution in [2.24, 2.45) is 0 Å². The van der Waals surface area contributed by atoms with Gasteiger partial charge in [0.15, 0.2) is 12.0 Å². The molecule has 0 spiro atoms. The van der Waals surface area contributed by atoms with E-state index in [0.717, 1.165) is 13.1 Å². The number of hydrogen-bond acceptors (Lipinski definition) is 5. The topological polar surface area (TPSA) is 87.3 Å². The first kappa shape index (κ1) is 13.1. The van der Waals surface area contributed by atoms with Gasteiger partial charge in [0.2, 0.25) is 0 Å². The molecule has 0 aliphatic rings. The van der Waals surface area contributed by atoms with E-state index in [-0.39, 0.29) is 19.0 Å². The number of alkyl halides is 1. The van der Waals surface area contributed by atoms with Gasteiger partial charge in [-0.2, -0.15) is 0 Å². The molecule has 7 nitrogen and oxygen atoms in total. The molecule has 1 atom stereocenters. The quantitative estimate of drug-likeness (QED) is 0.438. The van der Waals surface area contributed by atoms with Crippen LogP contribution in [0.25, 0.3) is 0 Å². The lowest BCUT2D eigenvalue weighted by Crippen LogP contribution is -2.19. The van der Waals surface area contributed by atoms with Crippen molar-refractivity contribution in [3.8, 4) is 0 Å². The predicted octanol–water partition coefficient (Wildman–Crippen LogP) is 1.00. The molecule has 0 amide bonds. The van der Waals surface area contributed by atoms with Crippen molar-refractivity contribution in [3.05, 3.63) is 22.1 Å². The molecule has 94 valence electrons. The Hall–Kier alpha value is -1.99. The van der Waals surface area contributed by atoms with Crippen molar-refractivity contribution in [1.29, 1.82) is 0 Å². The third-order valence-corrected chi connectivity index (χ3v) is 2.11. The zero-order valence-electron chi connectivity index (χ0n) is 9.42. The molecule has 0 saturated heterocycles. The van der Waals surface area contributed by atoms with Crippen molar-refractivity contribution in [1.82, 2.24) is 9.55 Å². The van der Waals surface area contributed by atoms with Crippen molar-refractivity contribution in [2.75, 3.05) is 6.61 Å². The monoisotopic (exact) mass is 245 g/mol. The van der Waals surface area contributed by atoms with Gasteiger partial charge in [0.1, 0.15) is 19.3 Å². The van der Waals surface area contributed by atoms with E-state index in [1.165, 1.54) is 4.57 Å². The number of nitro groups is 1. The van der Waals surface area contributed by atoms with E-state index in [4.69, 9.17) is 0 Å². The molecule has 0 N–H and O–H groups in total. The van der Waals surface area contributed by atoms with Crippen LogP contribution in [0.4, 0.5) is 10.2 Å². The summed E-state index contributed by atoms with van der Waals surface area (Å²) in [6.45, 7) is 2.59. The van der Waals surface area contributed by atoms with E-state index in [2.05, 4.69) is 9.72 Å². The van der Waals surface area contributed by atoms with Crippen LogP contribution in [-0.2, 0) is 16.1 Å². The zero-order valence-corrected chi connectivity index (χ0v) is 9.42. The number of aryl methyl sites for hydroxylation is 1. The molecule has 1 aromatic heterocycles. The van der Waals surface area contributed by atoms with E-state index in [0.29, 0.717) is 5.82 Å². The highest BCUT2D eigenvalue weighted by Gasteiger charge is 2.18. The van der Waals surface area contributed by atoms with Crippen LogP contribution in [0.2, 0.25) is 0 Å². The molecular weight excluding hydrogens is 233 g/mol. The van der Waals surface area contributed by atoms with Crippen LogP contribution in [0.15, 0.2) is 6.20 Å². The van der Waals surface area contributed by atoms with Crippen molar-refractivity contribution in [3.63, 3.8) is 0 Å². The number of aromatic nitrogens is 2. The molecule has 1 rings (SSSR count). The summed E-state index contributed by atoms with van der Waals surface area (Å²) in [6.07, 6.45) is -0.580. The minimum Gasteiger partial charge on any atom is -0.459 e. The highest BCUT2D eigenvalue weighted by molar-refractivity contribution is 5.73. The zero-order chi connectivity index (χ0) is 13.0. The highest BCUT2D eigenvalue weighted by Crippen LogP contribution is 2.13. The molecule has 1 aromatic rings. The van der Waals surface area contributed by atoms with Gasteiger partial charge in [-0.15, -0.1) is 0 Å². The van der Waals surface area contributed by atoms with Crippen LogP contribution in [0.3, 0.4) is 0 Å². The van der Waals surface area contributed by atoms with Crippen LogP contribution in [0, 0.1) is 17.0 Å². The molecule has 0 aromatic carbocycles. The molecule has 0 aliphatic carbocycles.